The molecule has 14 heteroatoms. The number of nitrogens with one attached hydrogen (secondary N) is 1. The molecule has 4 aromatic rings. The molecular weight excluding hydrogens is 656 g/mol. The fraction of sp³-hybridized carbons (Fsp3) is 0.310. The van der Waals surface area contributed by atoms with Crippen molar-refractivity contribution >= 4 is 42.6 Å². The van der Waals surface area contributed by atoms with Crippen molar-refractivity contribution in [3.63, 3.8) is 0 Å². The molecule has 1 saturated carbocycles. The van der Waals surface area contributed by atoms with Crippen molar-refractivity contribution in [3.8, 4) is 11.4 Å². The maximum Gasteiger partial charge on any atom is 0.273 e. The van der Waals surface area contributed by atoms with E-state index in [2.05, 4.69) is 36.2 Å². The van der Waals surface area contributed by atoms with E-state index in [0.29, 0.717) is 38.2 Å². The van der Waals surface area contributed by atoms with Gasteiger partial charge in [-0.2, -0.15) is 0 Å². The van der Waals surface area contributed by atoms with E-state index in [1.807, 2.05) is 0 Å². The number of pyridine rings is 3. The number of carbonyl (C=O) groups excluding carboxylic acids is 1. The van der Waals surface area contributed by atoms with Crippen LogP contribution in [0.4, 0.5) is 17.6 Å². The van der Waals surface area contributed by atoms with Crippen LogP contribution in [0.15, 0.2) is 58.0 Å². The fourth-order valence-corrected chi connectivity index (χ4v) is 6.93. The zero-order valence-electron chi connectivity index (χ0n) is 22.2. The molecule has 0 spiro atoms. The summed E-state index contributed by atoms with van der Waals surface area (Å²) in [5, 5.41) is 3.38. The summed E-state index contributed by atoms with van der Waals surface area (Å²) in [5.41, 5.74) is 0.0894. The lowest BCUT2D eigenvalue weighted by molar-refractivity contribution is 0.0488. The van der Waals surface area contributed by atoms with Crippen molar-refractivity contribution in [2.24, 2.45) is 0 Å². The van der Waals surface area contributed by atoms with Crippen molar-refractivity contribution in [2.75, 3.05) is 6.61 Å². The van der Waals surface area contributed by atoms with Crippen LogP contribution in [0.2, 0.25) is 0 Å². The molecule has 1 fully saturated rings. The summed E-state index contributed by atoms with van der Waals surface area (Å²) < 4.78 is 85.3. The highest BCUT2D eigenvalue weighted by atomic mass is 79.9. The zero-order chi connectivity index (χ0) is 30.5. The predicted molar refractivity (Wildman–Crippen MR) is 152 cm³/mol. The molecule has 3 aromatic heterocycles. The second kappa shape index (κ2) is 11.5. The Morgan fingerprint density at radius 1 is 1.07 bits per heavy atom. The number of benzene rings is 1. The van der Waals surface area contributed by atoms with Crippen LogP contribution < -0.4 is 5.32 Å². The van der Waals surface area contributed by atoms with Crippen LogP contribution in [-0.4, -0.2) is 47.8 Å². The summed E-state index contributed by atoms with van der Waals surface area (Å²) in [6.07, 6.45) is -2.46. The van der Waals surface area contributed by atoms with E-state index in [9.17, 15) is 30.8 Å². The highest BCUT2D eigenvalue weighted by Gasteiger charge is 2.35. The van der Waals surface area contributed by atoms with Gasteiger partial charge in [-0.15, -0.1) is 0 Å². The molecule has 0 radical (unpaired) electrons. The molecule has 1 aliphatic carbocycles. The van der Waals surface area contributed by atoms with Crippen LogP contribution in [0.5, 0.6) is 0 Å². The van der Waals surface area contributed by atoms with Gasteiger partial charge in [0, 0.05) is 38.7 Å². The molecule has 8 nitrogen and oxygen atoms in total. The van der Waals surface area contributed by atoms with Gasteiger partial charge in [0.2, 0.25) is 15.3 Å². The third-order valence-electron chi connectivity index (χ3n) is 7.32. The molecular formula is C29H23BrF4N4O4S. The number of nitrogens with zero attached hydrogens (tertiary/aromatic N) is 3. The molecule has 1 N–H and O–H groups in total. The second-order valence-corrected chi connectivity index (χ2v) is 13.2. The Kier molecular flexibility index (Phi) is 7.94. The number of fused-ring (bicyclic) bond motifs is 2. The zero-order valence-corrected chi connectivity index (χ0v) is 24.6. The monoisotopic (exact) mass is 678 g/mol. The number of aromatic nitrogens is 3. The first-order chi connectivity index (χ1) is 20.5. The molecule has 0 bridgehead atoms. The smallest absolute Gasteiger partial charge is 0.273 e. The van der Waals surface area contributed by atoms with Gasteiger partial charge in [0.05, 0.1) is 52.9 Å². The normalized spacial score (nSPS) is 18.7. The van der Waals surface area contributed by atoms with Crippen LogP contribution in [0.3, 0.4) is 0 Å². The Balaban J connectivity index is 1.23. The molecule has 2 aliphatic rings. The largest absolute Gasteiger partial charge is 0.373 e. The van der Waals surface area contributed by atoms with E-state index in [4.69, 9.17) is 4.74 Å². The Labute approximate surface area is 252 Å². The molecule has 6 rings (SSSR count). The van der Waals surface area contributed by atoms with E-state index in [1.165, 1.54) is 18.2 Å². The molecule has 1 amide bonds. The minimum Gasteiger partial charge on any atom is -0.373 e. The van der Waals surface area contributed by atoms with E-state index in [-0.39, 0.29) is 40.7 Å². The molecule has 43 heavy (non-hydrogen) atoms. The van der Waals surface area contributed by atoms with Gasteiger partial charge in [-0.3, -0.25) is 14.8 Å². The molecule has 4 heterocycles. The highest BCUT2D eigenvalue weighted by Crippen LogP contribution is 2.44. The highest BCUT2D eigenvalue weighted by molar-refractivity contribution is 9.10. The fourth-order valence-electron chi connectivity index (χ4n) is 4.87. The molecule has 0 saturated heterocycles. The van der Waals surface area contributed by atoms with Crippen molar-refractivity contribution in [3.05, 3.63) is 81.2 Å². The topological polar surface area (TPSA) is 111 Å². The number of hydrogen-bond donors (Lipinski definition) is 1. The van der Waals surface area contributed by atoms with E-state index in [1.54, 1.807) is 24.4 Å². The quantitative estimate of drug-likeness (QED) is 0.234. The summed E-state index contributed by atoms with van der Waals surface area (Å²) in [5.74, 6) is -0.659. The van der Waals surface area contributed by atoms with Crippen LogP contribution in [0.1, 0.15) is 57.8 Å². The number of sulfone groups is 1. The maximum absolute atomic E-state index is 14.2. The average Bonchev–Trinajstić information content (AvgIpc) is 3.85. The Bertz CT molecular complexity index is 1860. The Morgan fingerprint density at radius 3 is 2.56 bits per heavy atom. The molecule has 2 atom stereocenters. The minimum atomic E-state index is -4.35. The van der Waals surface area contributed by atoms with Crippen LogP contribution in [0.25, 0.3) is 22.3 Å². The summed E-state index contributed by atoms with van der Waals surface area (Å²) in [7, 11) is -4.35. The maximum atomic E-state index is 14.2. The third-order valence-corrected chi connectivity index (χ3v) is 9.81. The number of hydrogen-bond acceptors (Lipinski definition) is 7. The van der Waals surface area contributed by atoms with E-state index < -0.39 is 40.5 Å². The molecule has 0 unspecified atom stereocenters. The number of amides is 1. The number of rotatable bonds is 7. The van der Waals surface area contributed by atoms with E-state index >= 15 is 0 Å². The van der Waals surface area contributed by atoms with Gasteiger partial charge < -0.3 is 10.1 Å². The number of alkyl halides is 4. The average molecular weight is 679 g/mol. The second-order valence-electron chi connectivity index (χ2n) is 10.3. The number of ether oxygens (including phenoxy) is 1. The van der Waals surface area contributed by atoms with E-state index in [0.717, 1.165) is 18.9 Å². The summed E-state index contributed by atoms with van der Waals surface area (Å²) in [6.45, 7) is -0.753. The summed E-state index contributed by atoms with van der Waals surface area (Å²) in [6, 6.07) is 10.5. The number of halogens is 5. The van der Waals surface area contributed by atoms with Gasteiger partial charge >= 0.3 is 0 Å². The van der Waals surface area contributed by atoms with Gasteiger partial charge in [0.1, 0.15) is 0 Å². The summed E-state index contributed by atoms with van der Waals surface area (Å²) >= 11 is 3.26. The van der Waals surface area contributed by atoms with Gasteiger partial charge in [0.25, 0.3) is 12.3 Å². The first-order valence-corrected chi connectivity index (χ1v) is 15.6. The first kappa shape index (κ1) is 29.6. The van der Waals surface area contributed by atoms with Gasteiger partial charge in [-0.05, 0) is 49.2 Å². The van der Waals surface area contributed by atoms with Crippen molar-refractivity contribution in [2.45, 2.75) is 54.9 Å². The first-order valence-electron chi connectivity index (χ1n) is 13.3. The Morgan fingerprint density at radius 2 is 1.81 bits per heavy atom. The van der Waals surface area contributed by atoms with Crippen molar-refractivity contribution < 1.29 is 35.5 Å². The lowest BCUT2D eigenvalue weighted by Gasteiger charge is -2.14. The Hall–Kier alpha value is -3.49. The minimum absolute atomic E-state index is 0.00727. The van der Waals surface area contributed by atoms with Gasteiger partial charge in [0.15, 0.2) is 6.17 Å². The van der Waals surface area contributed by atoms with Crippen molar-refractivity contribution in [1.82, 2.24) is 20.3 Å². The van der Waals surface area contributed by atoms with Crippen LogP contribution in [-0.2, 0) is 27.7 Å². The lowest BCUT2D eigenvalue weighted by Crippen LogP contribution is -2.24. The summed E-state index contributed by atoms with van der Waals surface area (Å²) in [4.78, 5) is 26.2. The van der Waals surface area contributed by atoms with Crippen LogP contribution in [0, 0.1) is 0 Å². The van der Waals surface area contributed by atoms with Gasteiger partial charge in [-0.1, -0.05) is 22.0 Å². The predicted octanol–water partition coefficient (Wildman–Crippen LogP) is 6.14. The SMILES string of the molecule is O=C(NCc1cc2nc(-c3ccc([C@H](F)C(F)F)c(C4CC4)n3)ccc2cn1)c1cc(Br)c2c(c1)S(=O)(=O)[C@@H](F)COC2. The molecule has 1 aromatic carbocycles. The lowest BCUT2D eigenvalue weighted by atomic mass is 10.0. The van der Waals surface area contributed by atoms with Gasteiger partial charge in [-0.25, -0.2) is 31.0 Å². The number of carbonyl (C=O) groups is 1. The standard InChI is InChI=1S/C29H23BrF4N4O4S/c30-20-7-16(8-24-19(20)12-42-13-25(31)43(24,40)41)29(39)36-11-17-9-23-15(10-35-17)3-5-21(37-23)22-6-4-18(26(32)28(33)34)27(38-22)14-1-2-14/h3-10,14,25-26,28H,1-2,11-13H2,(H,36,39)/t25-,26+/m1/s1. The molecule has 224 valence electrons. The van der Waals surface area contributed by atoms with Crippen LogP contribution >= 0.6 is 15.9 Å². The third kappa shape index (κ3) is 5.87. The van der Waals surface area contributed by atoms with Crippen molar-refractivity contribution in [1.29, 1.82) is 0 Å². The molecule has 1 aliphatic heterocycles.